The molecule has 2 atom stereocenters. The fourth-order valence-corrected chi connectivity index (χ4v) is 2.90. The van der Waals surface area contributed by atoms with E-state index in [-0.39, 0.29) is 36.3 Å². The summed E-state index contributed by atoms with van der Waals surface area (Å²) >= 11 is 0. The lowest BCUT2D eigenvalue weighted by atomic mass is 10.1. The van der Waals surface area contributed by atoms with Gasteiger partial charge in [-0.15, -0.1) is 24.0 Å². The Morgan fingerprint density at radius 2 is 2.12 bits per heavy atom. The molecular formula is C16H29F2IN6. The minimum atomic E-state index is -2.59. The molecule has 0 spiro atoms. The van der Waals surface area contributed by atoms with Crippen molar-refractivity contribution in [3.05, 3.63) is 18.2 Å². The lowest BCUT2D eigenvalue weighted by molar-refractivity contribution is 0.0671. The van der Waals surface area contributed by atoms with Gasteiger partial charge in [0.1, 0.15) is 12.4 Å². The Morgan fingerprint density at radius 3 is 2.68 bits per heavy atom. The SMILES string of the molecule is CCNC(=NCc1nccn1C(F)F)NC1CN(C(C)C)CC1C.I. The van der Waals surface area contributed by atoms with Crippen LogP contribution < -0.4 is 10.6 Å². The van der Waals surface area contributed by atoms with Crippen molar-refractivity contribution < 1.29 is 8.78 Å². The zero-order valence-corrected chi connectivity index (χ0v) is 17.6. The molecule has 2 N–H and O–H groups in total. The number of alkyl halides is 2. The molecule has 0 bridgehead atoms. The highest BCUT2D eigenvalue weighted by atomic mass is 127. The van der Waals surface area contributed by atoms with Gasteiger partial charge in [-0.1, -0.05) is 6.92 Å². The van der Waals surface area contributed by atoms with Crippen molar-refractivity contribution in [2.24, 2.45) is 10.9 Å². The highest BCUT2D eigenvalue weighted by Crippen LogP contribution is 2.18. The molecule has 6 nitrogen and oxygen atoms in total. The van der Waals surface area contributed by atoms with Gasteiger partial charge in [0.25, 0.3) is 0 Å². The number of halogens is 3. The summed E-state index contributed by atoms with van der Waals surface area (Å²) in [6.07, 6.45) is 2.65. The van der Waals surface area contributed by atoms with Crippen molar-refractivity contribution in [2.45, 2.75) is 52.9 Å². The van der Waals surface area contributed by atoms with Crippen molar-refractivity contribution >= 4 is 29.9 Å². The van der Waals surface area contributed by atoms with Gasteiger partial charge in [-0.25, -0.2) is 9.98 Å². The number of hydrogen-bond donors (Lipinski definition) is 2. The summed E-state index contributed by atoms with van der Waals surface area (Å²) in [7, 11) is 0. The molecule has 0 radical (unpaired) electrons. The molecule has 1 aromatic rings. The van der Waals surface area contributed by atoms with Gasteiger partial charge in [-0.2, -0.15) is 8.78 Å². The maximum Gasteiger partial charge on any atom is 0.319 e. The highest BCUT2D eigenvalue weighted by molar-refractivity contribution is 14.0. The molecule has 2 rings (SSSR count). The molecule has 1 aliphatic heterocycles. The molecule has 25 heavy (non-hydrogen) atoms. The fourth-order valence-electron chi connectivity index (χ4n) is 2.90. The minimum absolute atomic E-state index is 0. The number of likely N-dealkylation sites (tertiary alicyclic amines) is 1. The van der Waals surface area contributed by atoms with E-state index in [0.717, 1.165) is 17.7 Å². The second-order valence-corrected chi connectivity index (χ2v) is 6.50. The van der Waals surface area contributed by atoms with Gasteiger partial charge in [0, 0.05) is 44.1 Å². The van der Waals surface area contributed by atoms with E-state index in [9.17, 15) is 8.78 Å². The Bertz CT molecular complexity index is 548. The maximum absolute atomic E-state index is 12.9. The summed E-state index contributed by atoms with van der Waals surface area (Å²) in [5.74, 6) is 1.40. The minimum Gasteiger partial charge on any atom is -0.357 e. The lowest BCUT2D eigenvalue weighted by Crippen LogP contribution is -2.46. The number of hydrogen-bond acceptors (Lipinski definition) is 3. The monoisotopic (exact) mass is 470 g/mol. The van der Waals surface area contributed by atoms with Gasteiger partial charge in [0.2, 0.25) is 0 Å². The first-order valence-electron chi connectivity index (χ1n) is 8.51. The van der Waals surface area contributed by atoms with E-state index >= 15 is 0 Å². The smallest absolute Gasteiger partial charge is 0.319 e. The van der Waals surface area contributed by atoms with Crippen LogP contribution in [-0.2, 0) is 6.54 Å². The van der Waals surface area contributed by atoms with Crippen LogP contribution in [0.3, 0.4) is 0 Å². The molecule has 0 aromatic carbocycles. The molecule has 0 saturated carbocycles. The van der Waals surface area contributed by atoms with Gasteiger partial charge in [0.15, 0.2) is 5.96 Å². The molecule has 2 unspecified atom stereocenters. The first kappa shape index (κ1) is 22.1. The Kier molecular flexibility index (Phi) is 9.04. The van der Waals surface area contributed by atoms with Crippen molar-refractivity contribution in [3.8, 4) is 0 Å². The zero-order chi connectivity index (χ0) is 17.7. The third kappa shape index (κ3) is 6.05. The van der Waals surface area contributed by atoms with Crippen LogP contribution in [0, 0.1) is 5.92 Å². The predicted octanol–water partition coefficient (Wildman–Crippen LogP) is 2.68. The Hall–Kier alpha value is -0.970. The third-order valence-corrected chi connectivity index (χ3v) is 4.37. The summed E-state index contributed by atoms with van der Waals surface area (Å²) in [6.45, 7) is 8.81. The number of imidazole rings is 1. The summed E-state index contributed by atoms with van der Waals surface area (Å²) in [4.78, 5) is 10.8. The first-order valence-corrected chi connectivity index (χ1v) is 8.51. The summed E-state index contributed by atoms with van der Waals surface area (Å²) in [5, 5.41) is 6.62. The van der Waals surface area contributed by atoms with Gasteiger partial charge >= 0.3 is 6.55 Å². The van der Waals surface area contributed by atoms with E-state index in [1.807, 2.05) is 6.92 Å². The van der Waals surface area contributed by atoms with E-state index < -0.39 is 6.55 Å². The third-order valence-electron chi connectivity index (χ3n) is 4.37. The Labute approximate surface area is 165 Å². The largest absolute Gasteiger partial charge is 0.357 e. The van der Waals surface area contributed by atoms with E-state index in [1.54, 1.807) is 0 Å². The molecule has 0 aliphatic carbocycles. The fraction of sp³-hybridized carbons (Fsp3) is 0.750. The van der Waals surface area contributed by atoms with Crippen molar-refractivity contribution in [1.29, 1.82) is 0 Å². The molecule has 144 valence electrons. The summed E-state index contributed by atoms with van der Waals surface area (Å²) in [5.41, 5.74) is 0. The van der Waals surface area contributed by atoms with Crippen LogP contribution in [0.4, 0.5) is 8.78 Å². The summed E-state index contributed by atoms with van der Waals surface area (Å²) < 4.78 is 26.6. The van der Waals surface area contributed by atoms with Gasteiger partial charge < -0.3 is 10.6 Å². The van der Waals surface area contributed by atoms with Crippen LogP contribution in [0.5, 0.6) is 0 Å². The molecular weight excluding hydrogens is 441 g/mol. The van der Waals surface area contributed by atoms with Crippen LogP contribution in [0.25, 0.3) is 0 Å². The zero-order valence-electron chi connectivity index (χ0n) is 15.2. The molecule has 2 heterocycles. The predicted molar refractivity (Wildman–Crippen MR) is 107 cm³/mol. The molecule has 1 saturated heterocycles. The van der Waals surface area contributed by atoms with Crippen LogP contribution in [0.2, 0.25) is 0 Å². The number of nitrogens with one attached hydrogen (secondary N) is 2. The summed E-state index contributed by atoms with van der Waals surface area (Å²) in [6, 6.07) is 0.803. The standard InChI is InChI=1S/C16H28F2N6.HI/c1-5-19-16(21-8-14-20-6-7-24(14)15(17)18)22-13-10-23(11(2)3)9-12(13)4;/h6-7,11-13,15H,5,8-10H2,1-4H3,(H2,19,21,22);1H. The van der Waals surface area contributed by atoms with E-state index in [2.05, 4.69) is 46.3 Å². The topological polar surface area (TPSA) is 57.5 Å². The van der Waals surface area contributed by atoms with Gasteiger partial charge in [0.05, 0.1) is 0 Å². The van der Waals surface area contributed by atoms with Crippen molar-refractivity contribution in [3.63, 3.8) is 0 Å². The van der Waals surface area contributed by atoms with Crippen LogP contribution in [-0.4, -0.2) is 52.1 Å². The van der Waals surface area contributed by atoms with Crippen molar-refractivity contribution in [1.82, 2.24) is 25.1 Å². The van der Waals surface area contributed by atoms with Crippen LogP contribution >= 0.6 is 24.0 Å². The second-order valence-electron chi connectivity index (χ2n) is 6.50. The molecule has 0 amide bonds. The quantitative estimate of drug-likeness (QED) is 0.382. The van der Waals surface area contributed by atoms with Crippen LogP contribution in [0.1, 0.15) is 40.1 Å². The number of rotatable bonds is 6. The lowest BCUT2D eigenvalue weighted by Gasteiger charge is -2.22. The molecule has 1 aliphatic rings. The number of aromatic nitrogens is 2. The second kappa shape index (κ2) is 10.2. The normalized spacial score (nSPS) is 21.7. The van der Waals surface area contributed by atoms with Crippen LogP contribution in [0.15, 0.2) is 17.4 Å². The number of guanidine groups is 1. The van der Waals surface area contributed by atoms with Crippen molar-refractivity contribution in [2.75, 3.05) is 19.6 Å². The van der Waals surface area contributed by atoms with Gasteiger partial charge in [-0.05, 0) is 26.7 Å². The Morgan fingerprint density at radius 1 is 1.40 bits per heavy atom. The van der Waals surface area contributed by atoms with Gasteiger partial charge in [-0.3, -0.25) is 9.47 Å². The maximum atomic E-state index is 12.9. The average molecular weight is 470 g/mol. The van der Waals surface area contributed by atoms with E-state index in [4.69, 9.17) is 0 Å². The average Bonchev–Trinajstić information content (AvgIpc) is 3.12. The molecule has 1 aromatic heterocycles. The Balaban J connectivity index is 0.00000312. The van der Waals surface area contributed by atoms with E-state index in [0.29, 0.717) is 30.5 Å². The highest BCUT2D eigenvalue weighted by Gasteiger charge is 2.31. The van der Waals surface area contributed by atoms with E-state index in [1.165, 1.54) is 12.4 Å². The molecule has 1 fully saturated rings. The number of nitrogens with zero attached hydrogens (tertiary/aromatic N) is 4. The molecule has 9 heteroatoms. The number of aliphatic imine (C=N–C) groups is 1. The first-order chi connectivity index (χ1) is 11.4.